The highest BCUT2D eigenvalue weighted by Crippen LogP contribution is 2.34. The van der Waals surface area contributed by atoms with Gasteiger partial charge in [0, 0.05) is 30.9 Å². The molecule has 0 atom stereocenters. The van der Waals surface area contributed by atoms with Crippen molar-refractivity contribution in [1.29, 1.82) is 0 Å². The van der Waals surface area contributed by atoms with Gasteiger partial charge in [0.1, 0.15) is 0 Å². The molecule has 0 saturated carbocycles. The van der Waals surface area contributed by atoms with Crippen LogP contribution in [0, 0.1) is 12.3 Å². The summed E-state index contributed by atoms with van der Waals surface area (Å²) >= 11 is 0. The number of nitrogens with zero attached hydrogens (tertiary/aromatic N) is 1. The van der Waals surface area contributed by atoms with Gasteiger partial charge in [0.2, 0.25) is 0 Å². The molecule has 1 saturated heterocycles. The Bertz CT molecular complexity index is 584. The molecule has 0 bridgehead atoms. The first-order chi connectivity index (χ1) is 10.9. The van der Waals surface area contributed by atoms with Crippen molar-refractivity contribution >= 4 is 17.5 Å². The second-order valence-electron chi connectivity index (χ2n) is 6.51. The molecular formula is C18H26N2O3. The van der Waals surface area contributed by atoms with Crippen LogP contribution in [-0.4, -0.2) is 41.5 Å². The van der Waals surface area contributed by atoms with E-state index in [4.69, 9.17) is 0 Å². The molecule has 1 aromatic carbocycles. The molecule has 5 heteroatoms. The van der Waals surface area contributed by atoms with Crippen molar-refractivity contribution < 1.29 is 14.7 Å². The summed E-state index contributed by atoms with van der Waals surface area (Å²) < 4.78 is 0. The summed E-state index contributed by atoms with van der Waals surface area (Å²) in [4.78, 5) is 25.6. The average Bonchev–Trinajstić information content (AvgIpc) is 2.54. The standard InChI is InChI=1S/C18H26N2O3/c1-4-18(12-21)7-9-20(10-8-18)17(23)19-15-5-6-16(14(3)22)13(2)11-15/h5-6,11,21H,4,7-10,12H2,1-3H3,(H,19,23). The van der Waals surface area contributed by atoms with Crippen molar-refractivity contribution in [3.8, 4) is 0 Å². The Morgan fingerprint density at radius 1 is 1.30 bits per heavy atom. The lowest BCUT2D eigenvalue weighted by Gasteiger charge is -2.40. The van der Waals surface area contributed by atoms with Crippen LogP contribution in [0.5, 0.6) is 0 Å². The zero-order chi connectivity index (χ0) is 17.0. The third kappa shape index (κ3) is 3.91. The number of Topliss-reactive ketones (excluding diaryl/α,β-unsaturated/α-hetero) is 1. The highest BCUT2D eigenvalue weighted by molar-refractivity contribution is 5.96. The molecule has 2 N–H and O–H groups in total. The maximum atomic E-state index is 12.4. The third-order valence-electron chi connectivity index (χ3n) is 5.05. The Labute approximate surface area is 137 Å². The number of benzene rings is 1. The fraction of sp³-hybridized carbons (Fsp3) is 0.556. The van der Waals surface area contributed by atoms with E-state index < -0.39 is 0 Å². The minimum atomic E-state index is -0.123. The van der Waals surface area contributed by atoms with E-state index >= 15 is 0 Å². The Balaban J connectivity index is 1.98. The molecule has 0 radical (unpaired) electrons. The lowest BCUT2D eigenvalue weighted by Crippen LogP contribution is -2.46. The lowest BCUT2D eigenvalue weighted by molar-refractivity contribution is 0.0542. The molecule has 1 aromatic rings. The molecular weight excluding hydrogens is 292 g/mol. The first-order valence-corrected chi connectivity index (χ1v) is 8.19. The number of carbonyl (C=O) groups excluding carboxylic acids is 2. The van der Waals surface area contributed by atoms with Crippen molar-refractivity contribution in [1.82, 2.24) is 4.90 Å². The molecule has 1 aliphatic rings. The lowest BCUT2D eigenvalue weighted by atomic mass is 9.77. The Morgan fingerprint density at radius 2 is 1.96 bits per heavy atom. The number of amides is 2. The van der Waals surface area contributed by atoms with Crippen molar-refractivity contribution in [2.45, 2.75) is 40.0 Å². The minimum Gasteiger partial charge on any atom is -0.396 e. The zero-order valence-corrected chi connectivity index (χ0v) is 14.2. The van der Waals surface area contributed by atoms with E-state index in [1.807, 2.05) is 13.0 Å². The number of nitrogens with one attached hydrogen (secondary N) is 1. The Morgan fingerprint density at radius 3 is 2.43 bits per heavy atom. The average molecular weight is 318 g/mol. The quantitative estimate of drug-likeness (QED) is 0.838. The highest BCUT2D eigenvalue weighted by atomic mass is 16.3. The Hall–Kier alpha value is -1.88. The molecule has 1 heterocycles. The van der Waals surface area contributed by atoms with E-state index in [-0.39, 0.29) is 23.8 Å². The number of anilines is 1. The number of carbonyl (C=O) groups is 2. The predicted molar refractivity (Wildman–Crippen MR) is 90.8 cm³/mol. The summed E-state index contributed by atoms with van der Waals surface area (Å²) in [7, 11) is 0. The smallest absolute Gasteiger partial charge is 0.321 e. The Kier molecular flexibility index (Phi) is 5.42. The topological polar surface area (TPSA) is 69.6 Å². The summed E-state index contributed by atoms with van der Waals surface area (Å²) in [6, 6.07) is 5.21. The highest BCUT2D eigenvalue weighted by Gasteiger charge is 2.33. The number of ketones is 1. The minimum absolute atomic E-state index is 0.0244. The van der Waals surface area contributed by atoms with Crippen molar-refractivity contribution in [3.05, 3.63) is 29.3 Å². The molecule has 2 amide bonds. The predicted octanol–water partition coefficient (Wildman–Crippen LogP) is 3.21. The van der Waals surface area contributed by atoms with Crippen LogP contribution in [0.4, 0.5) is 10.5 Å². The molecule has 1 fully saturated rings. The van der Waals surface area contributed by atoms with Gasteiger partial charge in [0.25, 0.3) is 0 Å². The number of likely N-dealkylation sites (tertiary alicyclic amines) is 1. The molecule has 5 nitrogen and oxygen atoms in total. The fourth-order valence-electron chi connectivity index (χ4n) is 3.15. The van der Waals surface area contributed by atoms with Gasteiger partial charge in [0.05, 0.1) is 0 Å². The van der Waals surface area contributed by atoms with Crippen molar-refractivity contribution in [3.63, 3.8) is 0 Å². The van der Waals surface area contributed by atoms with Gasteiger partial charge in [-0.25, -0.2) is 4.79 Å². The van der Waals surface area contributed by atoms with Crippen LogP contribution in [0.15, 0.2) is 18.2 Å². The molecule has 0 unspecified atom stereocenters. The number of piperidine rings is 1. The normalized spacial score (nSPS) is 17.0. The summed E-state index contributed by atoms with van der Waals surface area (Å²) in [5, 5.41) is 12.5. The number of hydrogen-bond donors (Lipinski definition) is 2. The maximum Gasteiger partial charge on any atom is 0.321 e. The molecule has 23 heavy (non-hydrogen) atoms. The number of aliphatic hydroxyl groups excluding tert-OH is 1. The van der Waals surface area contributed by atoms with Gasteiger partial charge in [-0.2, -0.15) is 0 Å². The van der Waals surface area contributed by atoms with Crippen LogP contribution in [-0.2, 0) is 0 Å². The van der Waals surface area contributed by atoms with Crippen LogP contribution in [0.3, 0.4) is 0 Å². The van der Waals surface area contributed by atoms with Gasteiger partial charge in [-0.05, 0) is 62.3 Å². The van der Waals surface area contributed by atoms with Crippen LogP contribution in [0.2, 0.25) is 0 Å². The number of hydrogen-bond acceptors (Lipinski definition) is 3. The van der Waals surface area contributed by atoms with Crippen molar-refractivity contribution in [2.75, 3.05) is 25.0 Å². The number of aryl methyl sites for hydroxylation is 1. The van der Waals surface area contributed by atoms with E-state index in [2.05, 4.69) is 12.2 Å². The number of aliphatic hydroxyl groups is 1. The fourth-order valence-corrected chi connectivity index (χ4v) is 3.15. The molecule has 126 valence electrons. The van der Waals surface area contributed by atoms with E-state index in [0.717, 1.165) is 24.8 Å². The van der Waals surface area contributed by atoms with E-state index in [1.54, 1.807) is 17.0 Å². The van der Waals surface area contributed by atoms with Gasteiger partial charge in [0.15, 0.2) is 5.78 Å². The van der Waals surface area contributed by atoms with E-state index in [1.165, 1.54) is 6.92 Å². The van der Waals surface area contributed by atoms with E-state index in [0.29, 0.717) is 24.3 Å². The second kappa shape index (κ2) is 7.13. The third-order valence-corrected chi connectivity index (χ3v) is 5.05. The zero-order valence-electron chi connectivity index (χ0n) is 14.2. The van der Waals surface area contributed by atoms with Gasteiger partial charge >= 0.3 is 6.03 Å². The molecule has 2 rings (SSSR count). The molecule has 0 spiro atoms. The van der Waals surface area contributed by atoms with Gasteiger partial charge in [-0.15, -0.1) is 0 Å². The summed E-state index contributed by atoms with van der Waals surface area (Å²) in [5.74, 6) is 0.0244. The summed E-state index contributed by atoms with van der Waals surface area (Å²) in [5.41, 5.74) is 2.21. The molecule has 1 aliphatic heterocycles. The monoisotopic (exact) mass is 318 g/mol. The van der Waals surface area contributed by atoms with Gasteiger partial charge in [-0.1, -0.05) is 6.92 Å². The second-order valence-corrected chi connectivity index (χ2v) is 6.51. The summed E-state index contributed by atoms with van der Waals surface area (Å²) in [6.07, 6.45) is 2.59. The molecule has 0 aliphatic carbocycles. The van der Waals surface area contributed by atoms with E-state index in [9.17, 15) is 14.7 Å². The number of urea groups is 1. The first-order valence-electron chi connectivity index (χ1n) is 8.19. The largest absolute Gasteiger partial charge is 0.396 e. The van der Waals surface area contributed by atoms with Gasteiger partial charge < -0.3 is 15.3 Å². The number of rotatable bonds is 4. The van der Waals surface area contributed by atoms with Crippen LogP contribution < -0.4 is 5.32 Å². The van der Waals surface area contributed by atoms with Gasteiger partial charge in [-0.3, -0.25) is 4.79 Å². The molecule has 0 aromatic heterocycles. The maximum absolute atomic E-state index is 12.4. The SMILES string of the molecule is CCC1(CO)CCN(C(=O)Nc2ccc(C(C)=O)c(C)c2)CC1. The van der Waals surface area contributed by atoms with Crippen LogP contribution in [0.25, 0.3) is 0 Å². The van der Waals surface area contributed by atoms with Crippen molar-refractivity contribution in [2.24, 2.45) is 5.41 Å². The first kappa shape index (κ1) is 17.5. The summed E-state index contributed by atoms with van der Waals surface area (Å²) in [6.45, 7) is 6.99. The van der Waals surface area contributed by atoms with Crippen LogP contribution in [0.1, 0.15) is 49.0 Å². The van der Waals surface area contributed by atoms with Crippen LogP contribution >= 0.6 is 0 Å².